The summed E-state index contributed by atoms with van der Waals surface area (Å²) in [7, 11) is 0. The van der Waals surface area contributed by atoms with E-state index in [9.17, 15) is 0 Å². The van der Waals surface area contributed by atoms with Crippen LogP contribution < -0.4 is 4.90 Å². The van der Waals surface area contributed by atoms with E-state index in [1.54, 1.807) is 0 Å². The van der Waals surface area contributed by atoms with E-state index in [-0.39, 0.29) is 5.41 Å². The summed E-state index contributed by atoms with van der Waals surface area (Å²) in [4.78, 5) is 7.05. The number of pyridine rings is 1. The lowest BCUT2D eigenvalue weighted by Gasteiger charge is -2.29. The molecule has 1 aromatic rings. The number of aromatic nitrogens is 1. The molecule has 1 aromatic heterocycles. The third kappa shape index (κ3) is 2.80. The normalized spacial score (nSPS) is 17.2. The van der Waals surface area contributed by atoms with Crippen molar-refractivity contribution in [1.29, 1.82) is 0 Å². The summed E-state index contributed by atoms with van der Waals surface area (Å²) in [5.41, 5.74) is 1.59. The van der Waals surface area contributed by atoms with Crippen molar-refractivity contribution in [1.82, 2.24) is 4.98 Å². The summed E-state index contributed by atoms with van der Waals surface area (Å²) in [5.74, 6) is 1.15. The first-order valence-electron chi connectivity index (χ1n) is 6.85. The Labute approximate surface area is 105 Å². The predicted molar refractivity (Wildman–Crippen MR) is 73.6 cm³/mol. The van der Waals surface area contributed by atoms with E-state index < -0.39 is 0 Å². The van der Waals surface area contributed by atoms with Crippen molar-refractivity contribution < 1.29 is 0 Å². The molecule has 2 heterocycles. The number of hydrogen-bond donors (Lipinski definition) is 0. The van der Waals surface area contributed by atoms with Gasteiger partial charge in [-0.2, -0.15) is 0 Å². The van der Waals surface area contributed by atoms with Crippen LogP contribution in [0.25, 0.3) is 0 Å². The van der Waals surface area contributed by atoms with Gasteiger partial charge in [0.1, 0.15) is 5.82 Å². The van der Waals surface area contributed by atoms with Crippen LogP contribution in [0.1, 0.15) is 52.0 Å². The Morgan fingerprint density at radius 1 is 1.18 bits per heavy atom. The van der Waals surface area contributed by atoms with Crippen molar-refractivity contribution in [2.45, 2.75) is 51.9 Å². The second-order valence-corrected chi connectivity index (χ2v) is 5.69. The van der Waals surface area contributed by atoms with E-state index in [1.807, 2.05) is 0 Å². The van der Waals surface area contributed by atoms with Crippen LogP contribution in [-0.2, 0) is 5.41 Å². The Morgan fingerprint density at radius 3 is 2.41 bits per heavy atom. The fourth-order valence-electron chi connectivity index (χ4n) is 2.30. The third-order valence-electron chi connectivity index (χ3n) is 4.09. The lowest BCUT2D eigenvalue weighted by Crippen LogP contribution is -2.30. The van der Waals surface area contributed by atoms with Gasteiger partial charge in [-0.15, -0.1) is 0 Å². The quantitative estimate of drug-likeness (QED) is 0.789. The number of piperidine rings is 1. The van der Waals surface area contributed by atoms with Gasteiger partial charge < -0.3 is 4.90 Å². The average molecular weight is 232 g/mol. The maximum absolute atomic E-state index is 4.64. The monoisotopic (exact) mass is 232 g/mol. The lowest BCUT2D eigenvalue weighted by molar-refractivity contribution is 0.504. The first kappa shape index (κ1) is 12.4. The largest absolute Gasteiger partial charge is 0.357 e. The van der Waals surface area contributed by atoms with Crippen LogP contribution in [0.15, 0.2) is 18.3 Å². The second kappa shape index (κ2) is 5.07. The van der Waals surface area contributed by atoms with Crippen LogP contribution in [0.4, 0.5) is 5.82 Å². The highest BCUT2D eigenvalue weighted by Gasteiger charge is 2.19. The highest BCUT2D eigenvalue weighted by Crippen LogP contribution is 2.27. The molecule has 0 N–H and O–H groups in total. The van der Waals surface area contributed by atoms with Crippen LogP contribution in [0, 0.1) is 0 Å². The summed E-state index contributed by atoms with van der Waals surface area (Å²) in [6.45, 7) is 9.14. The molecule has 1 saturated heterocycles. The molecule has 0 saturated carbocycles. The molecule has 2 rings (SSSR count). The molecular formula is C15H24N2. The van der Waals surface area contributed by atoms with Crippen LogP contribution in [-0.4, -0.2) is 18.1 Å². The molecule has 0 amide bonds. The van der Waals surface area contributed by atoms with Crippen LogP contribution >= 0.6 is 0 Å². The molecule has 0 bridgehead atoms. The highest BCUT2D eigenvalue weighted by atomic mass is 15.2. The molecule has 1 aliphatic rings. The summed E-state index contributed by atoms with van der Waals surface area (Å²) in [6, 6.07) is 4.44. The molecule has 0 radical (unpaired) electrons. The third-order valence-corrected chi connectivity index (χ3v) is 4.09. The second-order valence-electron chi connectivity index (χ2n) is 5.69. The molecule has 17 heavy (non-hydrogen) atoms. The minimum Gasteiger partial charge on any atom is -0.357 e. The van der Waals surface area contributed by atoms with Crippen molar-refractivity contribution in [3.8, 4) is 0 Å². The maximum atomic E-state index is 4.64. The zero-order chi connectivity index (χ0) is 12.3. The topological polar surface area (TPSA) is 16.1 Å². The van der Waals surface area contributed by atoms with Gasteiger partial charge in [0.15, 0.2) is 0 Å². The predicted octanol–water partition coefficient (Wildman–Crippen LogP) is 3.76. The van der Waals surface area contributed by atoms with Gasteiger partial charge in [-0.1, -0.05) is 26.8 Å². The highest BCUT2D eigenvalue weighted by molar-refractivity contribution is 5.40. The first-order valence-corrected chi connectivity index (χ1v) is 6.85. The van der Waals surface area contributed by atoms with E-state index in [4.69, 9.17) is 0 Å². The van der Waals surface area contributed by atoms with Gasteiger partial charge in [-0.25, -0.2) is 4.98 Å². The molecule has 94 valence electrons. The molecular weight excluding hydrogens is 208 g/mol. The Hall–Kier alpha value is -1.05. The summed E-state index contributed by atoms with van der Waals surface area (Å²) in [5, 5.41) is 0. The Morgan fingerprint density at radius 2 is 1.88 bits per heavy atom. The van der Waals surface area contributed by atoms with E-state index >= 15 is 0 Å². The molecule has 2 heteroatoms. The van der Waals surface area contributed by atoms with E-state index in [2.05, 4.69) is 49.0 Å². The zero-order valence-corrected chi connectivity index (χ0v) is 11.4. The minimum atomic E-state index is 0.243. The summed E-state index contributed by atoms with van der Waals surface area (Å²) >= 11 is 0. The fraction of sp³-hybridized carbons (Fsp3) is 0.667. The molecule has 0 atom stereocenters. The Kier molecular flexibility index (Phi) is 3.70. The Balaban J connectivity index is 2.12. The van der Waals surface area contributed by atoms with Gasteiger partial charge in [0.25, 0.3) is 0 Å². The van der Waals surface area contributed by atoms with Gasteiger partial charge >= 0.3 is 0 Å². The van der Waals surface area contributed by atoms with Crippen molar-refractivity contribution in [2.24, 2.45) is 0 Å². The lowest BCUT2D eigenvalue weighted by atomic mass is 9.83. The van der Waals surface area contributed by atoms with Gasteiger partial charge in [-0.05, 0) is 42.7 Å². The Bertz CT molecular complexity index is 348. The van der Waals surface area contributed by atoms with Gasteiger partial charge in [0, 0.05) is 19.3 Å². The number of anilines is 1. The van der Waals surface area contributed by atoms with Gasteiger partial charge in [-0.3, -0.25) is 0 Å². The molecule has 0 aromatic carbocycles. The smallest absolute Gasteiger partial charge is 0.128 e. The molecule has 0 aliphatic carbocycles. The van der Waals surface area contributed by atoms with Crippen molar-refractivity contribution in [2.75, 3.05) is 18.0 Å². The summed E-state index contributed by atoms with van der Waals surface area (Å²) < 4.78 is 0. The van der Waals surface area contributed by atoms with Crippen LogP contribution in [0.2, 0.25) is 0 Å². The van der Waals surface area contributed by atoms with Crippen LogP contribution in [0.3, 0.4) is 0 Å². The molecule has 0 unspecified atom stereocenters. The van der Waals surface area contributed by atoms with Crippen LogP contribution in [0.5, 0.6) is 0 Å². The van der Waals surface area contributed by atoms with Gasteiger partial charge in [0.2, 0.25) is 0 Å². The van der Waals surface area contributed by atoms with E-state index in [0.717, 1.165) is 12.2 Å². The van der Waals surface area contributed by atoms with Gasteiger partial charge in [0.05, 0.1) is 0 Å². The molecule has 1 fully saturated rings. The number of rotatable bonds is 3. The van der Waals surface area contributed by atoms with Crippen molar-refractivity contribution in [3.05, 3.63) is 23.9 Å². The van der Waals surface area contributed by atoms with Crippen molar-refractivity contribution >= 4 is 5.82 Å². The first-order chi connectivity index (χ1) is 8.13. The van der Waals surface area contributed by atoms with Crippen molar-refractivity contribution in [3.63, 3.8) is 0 Å². The fourth-order valence-corrected chi connectivity index (χ4v) is 2.30. The number of hydrogen-bond acceptors (Lipinski definition) is 2. The number of nitrogens with zero attached hydrogens (tertiary/aromatic N) is 2. The average Bonchev–Trinajstić information content (AvgIpc) is 2.40. The standard InChI is InChI=1S/C15H24N2/c1-4-15(2,3)13-8-9-14(16-12-13)17-10-6-5-7-11-17/h8-9,12H,4-7,10-11H2,1-3H3. The molecule has 2 nitrogen and oxygen atoms in total. The summed E-state index contributed by atoms with van der Waals surface area (Å²) in [6.07, 6.45) is 7.20. The SMILES string of the molecule is CCC(C)(C)c1ccc(N2CCCCC2)nc1. The van der Waals surface area contributed by atoms with E-state index in [0.29, 0.717) is 0 Å². The van der Waals surface area contributed by atoms with E-state index in [1.165, 1.54) is 37.9 Å². The minimum absolute atomic E-state index is 0.243. The molecule has 0 spiro atoms. The molecule has 1 aliphatic heterocycles. The zero-order valence-electron chi connectivity index (χ0n) is 11.4. The maximum Gasteiger partial charge on any atom is 0.128 e.